The molecular formula is C24H29F4N5OS. The van der Waals surface area contributed by atoms with Crippen molar-refractivity contribution in [2.45, 2.75) is 45.8 Å². The molecule has 0 N–H and O–H groups in total. The Morgan fingerprint density at radius 1 is 1.23 bits per heavy atom. The van der Waals surface area contributed by atoms with Crippen molar-refractivity contribution >= 4 is 28.2 Å². The van der Waals surface area contributed by atoms with Crippen molar-refractivity contribution < 1.29 is 22.0 Å². The number of rotatable bonds is 7. The zero-order valence-corrected chi connectivity index (χ0v) is 20.8. The second-order valence-electron chi connectivity index (χ2n) is 9.01. The number of likely N-dealkylation sites (tertiary alicyclic amines) is 1. The van der Waals surface area contributed by atoms with E-state index in [2.05, 4.69) is 20.1 Å². The van der Waals surface area contributed by atoms with Crippen LogP contribution in [0.3, 0.4) is 0 Å². The minimum Gasteiger partial charge on any atom is -0.442 e. The molecule has 3 heterocycles. The SMILES string of the molecule is C/C(=N\N=C(/C)c1ocnc1C)SCCCN1CC2CCN(c3ccc(C(F)(F)F)cc3F)C2C1. The largest absolute Gasteiger partial charge is 0.442 e. The smallest absolute Gasteiger partial charge is 0.416 e. The van der Waals surface area contributed by atoms with Crippen molar-refractivity contribution in [3.05, 3.63) is 47.4 Å². The number of fused-ring (bicyclic) bond motifs is 1. The number of hydrogen-bond donors (Lipinski definition) is 0. The van der Waals surface area contributed by atoms with Gasteiger partial charge in [0.1, 0.15) is 11.5 Å². The molecule has 0 bridgehead atoms. The van der Waals surface area contributed by atoms with E-state index in [1.54, 1.807) is 11.8 Å². The molecule has 1 aromatic heterocycles. The molecule has 0 saturated carbocycles. The molecule has 35 heavy (non-hydrogen) atoms. The number of hydrogen-bond acceptors (Lipinski definition) is 7. The van der Waals surface area contributed by atoms with Crippen LogP contribution in [0.15, 0.2) is 39.2 Å². The summed E-state index contributed by atoms with van der Waals surface area (Å²) in [4.78, 5) is 8.37. The fourth-order valence-corrected chi connectivity index (χ4v) is 5.49. The maximum Gasteiger partial charge on any atom is 0.416 e. The fraction of sp³-hybridized carbons (Fsp3) is 0.542. The molecule has 4 rings (SSSR count). The van der Waals surface area contributed by atoms with Crippen molar-refractivity contribution in [2.75, 3.05) is 36.8 Å². The van der Waals surface area contributed by atoms with Gasteiger partial charge in [-0.25, -0.2) is 9.37 Å². The number of anilines is 1. The van der Waals surface area contributed by atoms with Crippen LogP contribution in [0.5, 0.6) is 0 Å². The van der Waals surface area contributed by atoms with Crippen LogP contribution in [0, 0.1) is 18.7 Å². The summed E-state index contributed by atoms with van der Waals surface area (Å²) in [7, 11) is 0. The molecule has 2 saturated heterocycles. The van der Waals surface area contributed by atoms with Gasteiger partial charge in [-0.15, -0.1) is 16.9 Å². The highest BCUT2D eigenvalue weighted by Gasteiger charge is 2.42. The lowest BCUT2D eigenvalue weighted by molar-refractivity contribution is -0.137. The summed E-state index contributed by atoms with van der Waals surface area (Å²) in [6.45, 7) is 8.92. The van der Waals surface area contributed by atoms with Crippen molar-refractivity contribution in [3.63, 3.8) is 0 Å². The van der Waals surface area contributed by atoms with Gasteiger partial charge < -0.3 is 14.2 Å². The van der Waals surface area contributed by atoms with E-state index in [0.717, 1.165) is 55.0 Å². The zero-order valence-electron chi connectivity index (χ0n) is 20.0. The molecule has 2 atom stereocenters. The molecule has 11 heteroatoms. The van der Waals surface area contributed by atoms with E-state index in [9.17, 15) is 17.6 Å². The van der Waals surface area contributed by atoms with Gasteiger partial charge in [0.25, 0.3) is 0 Å². The Balaban J connectivity index is 1.25. The van der Waals surface area contributed by atoms with Crippen LogP contribution >= 0.6 is 11.8 Å². The van der Waals surface area contributed by atoms with Crippen LogP contribution in [0.25, 0.3) is 0 Å². The second-order valence-corrected chi connectivity index (χ2v) is 10.3. The van der Waals surface area contributed by atoms with Gasteiger partial charge in [0.15, 0.2) is 12.2 Å². The lowest BCUT2D eigenvalue weighted by atomic mass is 10.0. The quantitative estimate of drug-likeness (QED) is 0.159. The summed E-state index contributed by atoms with van der Waals surface area (Å²) < 4.78 is 58.5. The summed E-state index contributed by atoms with van der Waals surface area (Å²) in [6, 6.07) is 2.98. The van der Waals surface area contributed by atoms with Gasteiger partial charge in [-0.2, -0.15) is 18.3 Å². The minimum atomic E-state index is -4.54. The standard InChI is InChI=1S/C24H29F4N5OS/c1-15-23(34-14-29-15)16(2)30-31-17(3)35-10-4-8-32-12-18-7-9-33(22(18)13-32)21-6-5-19(11-20(21)25)24(26,27)28/h5-6,11,14,18,22H,4,7-10,12-13H2,1-3H3/b30-16+,31-17+. The summed E-state index contributed by atoms with van der Waals surface area (Å²) in [5.74, 6) is 1.14. The molecule has 0 radical (unpaired) electrons. The third-order valence-corrected chi connectivity index (χ3v) is 7.54. The Hall–Kier alpha value is -2.40. The molecule has 2 aliphatic heterocycles. The van der Waals surface area contributed by atoms with Crippen LogP contribution in [0.2, 0.25) is 0 Å². The van der Waals surface area contributed by atoms with E-state index >= 15 is 0 Å². The van der Waals surface area contributed by atoms with Crippen LogP contribution in [0.4, 0.5) is 23.2 Å². The van der Waals surface area contributed by atoms with Gasteiger partial charge in [-0.05, 0) is 64.3 Å². The lowest BCUT2D eigenvalue weighted by Gasteiger charge is -2.27. The number of thioether (sulfide) groups is 1. The molecule has 1 aromatic carbocycles. The van der Waals surface area contributed by atoms with Crippen LogP contribution < -0.4 is 4.90 Å². The van der Waals surface area contributed by atoms with Gasteiger partial charge >= 0.3 is 6.18 Å². The monoisotopic (exact) mass is 511 g/mol. The highest BCUT2D eigenvalue weighted by molar-refractivity contribution is 8.13. The number of aryl methyl sites for hydroxylation is 1. The normalized spacial score (nSPS) is 21.7. The van der Waals surface area contributed by atoms with Crippen molar-refractivity contribution in [3.8, 4) is 0 Å². The first-order chi connectivity index (χ1) is 16.6. The topological polar surface area (TPSA) is 57.2 Å². The Bertz CT molecular complexity index is 1100. The van der Waals surface area contributed by atoms with E-state index < -0.39 is 17.6 Å². The number of oxazole rings is 1. The highest BCUT2D eigenvalue weighted by Crippen LogP contribution is 2.38. The van der Waals surface area contributed by atoms with Gasteiger partial charge in [-0.3, -0.25) is 0 Å². The molecular weight excluding hydrogens is 482 g/mol. The van der Waals surface area contributed by atoms with Crippen LogP contribution in [0.1, 0.15) is 43.7 Å². The predicted octanol–water partition coefficient (Wildman–Crippen LogP) is 5.62. The van der Waals surface area contributed by atoms with Crippen molar-refractivity contribution in [2.24, 2.45) is 16.1 Å². The first kappa shape index (κ1) is 25.7. The molecule has 2 aromatic rings. The number of alkyl halides is 3. The molecule has 190 valence electrons. The Labute approximate surface area is 206 Å². The molecule has 6 nitrogen and oxygen atoms in total. The predicted molar refractivity (Wildman–Crippen MR) is 131 cm³/mol. The number of aromatic nitrogens is 1. The molecule has 0 spiro atoms. The number of halogens is 4. The summed E-state index contributed by atoms with van der Waals surface area (Å²) in [5.41, 5.74) is 0.776. The second kappa shape index (κ2) is 10.7. The fourth-order valence-electron chi connectivity index (χ4n) is 4.82. The van der Waals surface area contributed by atoms with E-state index in [1.807, 2.05) is 25.7 Å². The van der Waals surface area contributed by atoms with Gasteiger partial charge in [0.05, 0.1) is 22.0 Å². The maximum absolute atomic E-state index is 14.5. The molecule has 2 aliphatic rings. The van der Waals surface area contributed by atoms with E-state index in [4.69, 9.17) is 4.42 Å². The average molecular weight is 512 g/mol. The summed E-state index contributed by atoms with van der Waals surface area (Å²) in [5, 5.41) is 9.35. The molecule has 2 unspecified atom stereocenters. The van der Waals surface area contributed by atoms with E-state index in [0.29, 0.717) is 30.0 Å². The van der Waals surface area contributed by atoms with Gasteiger partial charge in [-0.1, -0.05) is 0 Å². The number of nitrogens with zero attached hydrogens (tertiary/aromatic N) is 5. The van der Waals surface area contributed by atoms with Crippen LogP contribution in [-0.2, 0) is 6.18 Å². The first-order valence-electron chi connectivity index (χ1n) is 11.6. The molecule has 0 aliphatic carbocycles. The number of benzene rings is 1. The Kier molecular flexibility index (Phi) is 7.85. The summed E-state index contributed by atoms with van der Waals surface area (Å²) in [6.07, 6.45) is -1.26. The average Bonchev–Trinajstić information content (AvgIpc) is 3.50. The van der Waals surface area contributed by atoms with Crippen molar-refractivity contribution in [1.82, 2.24) is 9.88 Å². The van der Waals surface area contributed by atoms with Crippen LogP contribution in [-0.4, -0.2) is 58.6 Å². The Morgan fingerprint density at radius 2 is 2.03 bits per heavy atom. The summed E-state index contributed by atoms with van der Waals surface area (Å²) >= 11 is 1.65. The van der Waals surface area contributed by atoms with Crippen molar-refractivity contribution in [1.29, 1.82) is 0 Å². The third-order valence-electron chi connectivity index (χ3n) is 6.55. The first-order valence-corrected chi connectivity index (χ1v) is 12.6. The zero-order chi connectivity index (χ0) is 25.2. The Morgan fingerprint density at radius 3 is 2.71 bits per heavy atom. The van der Waals surface area contributed by atoms with Gasteiger partial charge in [0.2, 0.25) is 0 Å². The van der Waals surface area contributed by atoms with E-state index in [1.165, 1.54) is 12.5 Å². The van der Waals surface area contributed by atoms with E-state index in [-0.39, 0.29) is 11.7 Å². The lowest BCUT2D eigenvalue weighted by Crippen LogP contribution is -2.36. The minimum absolute atomic E-state index is 0.133. The molecule has 2 fully saturated rings. The van der Waals surface area contributed by atoms with Gasteiger partial charge in [0, 0.05) is 31.4 Å². The highest BCUT2D eigenvalue weighted by atomic mass is 32.2. The maximum atomic E-state index is 14.5. The third kappa shape index (κ3) is 6.06. The molecule has 0 amide bonds.